The van der Waals surface area contributed by atoms with E-state index in [2.05, 4.69) is 20.7 Å². The average molecular weight is 301 g/mol. The first kappa shape index (κ1) is 14.8. The summed E-state index contributed by atoms with van der Waals surface area (Å²) in [6, 6.07) is 5.47. The van der Waals surface area contributed by atoms with Crippen molar-refractivity contribution < 1.29 is 14.3 Å². The fraction of sp³-hybridized carbons (Fsp3) is 0.562. The number of carbonyl (C=O) groups excluding carboxylic acids is 1. The van der Waals surface area contributed by atoms with Crippen molar-refractivity contribution in [1.82, 2.24) is 4.98 Å². The Hall–Kier alpha value is -2.13. The van der Waals surface area contributed by atoms with Crippen LogP contribution in [0, 0.1) is 17.2 Å². The van der Waals surface area contributed by atoms with Crippen molar-refractivity contribution in [3.8, 4) is 6.07 Å². The Labute approximate surface area is 129 Å². The molecule has 0 spiro atoms. The Kier molecular flexibility index (Phi) is 3.99. The zero-order valence-corrected chi connectivity index (χ0v) is 12.8. The third-order valence-corrected chi connectivity index (χ3v) is 4.15. The van der Waals surface area contributed by atoms with E-state index in [1.54, 1.807) is 12.1 Å². The monoisotopic (exact) mass is 301 g/mol. The summed E-state index contributed by atoms with van der Waals surface area (Å²) in [5.74, 6) is 0.104. The Morgan fingerprint density at radius 1 is 1.45 bits per heavy atom. The number of hydrogen-bond donors (Lipinski definition) is 0. The molecule has 3 rings (SSSR count). The normalized spacial score (nSPS) is 24.7. The smallest absolute Gasteiger partial charge is 0.356 e. The van der Waals surface area contributed by atoms with Gasteiger partial charge in [-0.2, -0.15) is 5.26 Å². The molecule has 6 nitrogen and oxygen atoms in total. The van der Waals surface area contributed by atoms with Crippen molar-refractivity contribution in [1.29, 1.82) is 5.26 Å². The second kappa shape index (κ2) is 5.93. The predicted octanol–water partition coefficient (Wildman–Crippen LogP) is 1.74. The van der Waals surface area contributed by atoms with Crippen molar-refractivity contribution in [3.63, 3.8) is 0 Å². The molecule has 2 aliphatic rings. The van der Waals surface area contributed by atoms with Gasteiger partial charge in [0.2, 0.25) is 0 Å². The van der Waals surface area contributed by atoms with Gasteiger partial charge in [-0.05, 0) is 37.8 Å². The van der Waals surface area contributed by atoms with Crippen LogP contribution in [0.15, 0.2) is 12.1 Å². The third-order valence-electron chi connectivity index (χ3n) is 4.15. The van der Waals surface area contributed by atoms with Crippen molar-refractivity contribution >= 4 is 11.7 Å². The van der Waals surface area contributed by atoms with E-state index in [0.29, 0.717) is 5.92 Å². The molecule has 2 fully saturated rings. The lowest BCUT2D eigenvalue weighted by Crippen LogP contribution is -2.47. The molecule has 1 aliphatic heterocycles. The summed E-state index contributed by atoms with van der Waals surface area (Å²) in [5, 5.41) is 9.36. The largest absolute Gasteiger partial charge is 0.464 e. The fourth-order valence-corrected chi connectivity index (χ4v) is 2.92. The highest BCUT2D eigenvalue weighted by molar-refractivity contribution is 5.87. The molecule has 1 aromatic rings. The number of esters is 1. The molecule has 2 atom stereocenters. The maximum Gasteiger partial charge on any atom is 0.356 e. The molecule has 0 unspecified atom stereocenters. The molecule has 1 aliphatic carbocycles. The number of pyridine rings is 1. The van der Waals surface area contributed by atoms with Crippen LogP contribution in [-0.2, 0) is 9.47 Å². The van der Waals surface area contributed by atoms with Crippen LogP contribution in [0.2, 0.25) is 0 Å². The van der Waals surface area contributed by atoms with E-state index >= 15 is 0 Å². The second-order valence-corrected chi connectivity index (χ2v) is 5.90. The van der Waals surface area contributed by atoms with Gasteiger partial charge in [0.1, 0.15) is 11.8 Å². The summed E-state index contributed by atoms with van der Waals surface area (Å²) in [4.78, 5) is 17.8. The van der Waals surface area contributed by atoms with Gasteiger partial charge in [-0.25, -0.2) is 9.78 Å². The minimum Gasteiger partial charge on any atom is -0.464 e. The van der Waals surface area contributed by atoms with Crippen LogP contribution < -0.4 is 4.90 Å². The van der Waals surface area contributed by atoms with Gasteiger partial charge in [0, 0.05) is 13.1 Å². The van der Waals surface area contributed by atoms with Crippen molar-refractivity contribution in [2.45, 2.75) is 32.0 Å². The van der Waals surface area contributed by atoms with E-state index in [1.165, 1.54) is 20.0 Å². The van der Waals surface area contributed by atoms with Crippen LogP contribution in [0.25, 0.3) is 0 Å². The molecular formula is C16H19N3O3. The lowest BCUT2D eigenvalue weighted by Gasteiger charge is -2.38. The van der Waals surface area contributed by atoms with Crippen molar-refractivity contribution in [2.75, 3.05) is 25.1 Å². The molecule has 1 saturated heterocycles. The Balaban J connectivity index is 1.86. The highest BCUT2D eigenvalue weighted by Gasteiger charge is 2.37. The molecule has 6 heteroatoms. The standard InChI is InChI=1S/C16H19N3O3/c1-10-8-19(9-15(22-10)11-3-4-11)14-6-5-12(16(20)21-2)18-13(14)7-17/h5-6,10-11,15H,3-4,8-9H2,1-2H3/t10-,15-/m1/s1. The second-order valence-electron chi connectivity index (χ2n) is 5.90. The number of nitrogens with zero attached hydrogens (tertiary/aromatic N) is 3. The molecule has 22 heavy (non-hydrogen) atoms. The summed E-state index contributed by atoms with van der Waals surface area (Å²) >= 11 is 0. The van der Waals surface area contributed by atoms with Gasteiger partial charge in [0.15, 0.2) is 5.69 Å². The zero-order chi connectivity index (χ0) is 15.7. The van der Waals surface area contributed by atoms with Crippen LogP contribution in [0.1, 0.15) is 35.9 Å². The molecule has 1 aromatic heterocycles. The van der Waals surface area contributed by atoms with Crippen LogP contribution in [0.5, 0.6) is 0 Å². The molecule has 0 N–H and O–H groups in total. The number of methoxy groups -OCH3 is 1. The molecule has 2 heterocycles. The molecular weight excluding hydrogens is 282 g/mol. The van der Waals surface area contributed by atoms with Gasteiger partial charge in [0.25, 0.3) is 0 Å². The number of aromatic nitrogens is 1. The summed E-state index contributed by atoms with van der Waals surface area (Å²) in [5.41, 5.74) is 1.17. The quantitative estimate of drug-likeness (QED) is 0.792. The predicted molar refractivity (Wildman–Crippen MR) is 79.6 cm³/mol. The molecule has 0 aromatic carbocycles. The van der Waals surface area contributed by atoms with E-state index in [9.17, 15) is 10.1 Å². The third kappa shape index (κ3) is 2.90. The maximum absolute atomic E-state index is 11.5. The highest BCUT2D eigenvalue weighted by Crippen LogP contribution is 2.37. The molecule has 0 amide bonds. The number of nitriles is 1. The molecule has 0 radical (unpaired) electrons. The summed E-state index contributed by atoms with van der Waals surface area (Å²) < 4.78 is 10.6. The van der Waals surface area contributed by atoms with E-state index in [-0.39, 0.29) is 23.6 Å². The first-order valence-corrected chi connectivity index (χ1v) is 7.52. The van der Waals surface area contributed by atoms with Gasteiger partial charge in [-0.1, -0.05) is 0 Å². The van der Waals surface area contributed by atoms with Crippen LogP contribution in [-0.4, -0.2) is 43.4 Å². The zero-order valence-electron chi connectivity index (χ0n) is 12.8. The number of morpholine rings is 1. The molecule has 1 saturated carbocycles. The van der Waals surface area contributed by atoms with Crippen molar-refractivity contribution in [3.05, 3.63) is 23.5 Å². The molecule has 0 bridgehead atoms. The maximum atomic E-state index is 11.5. The summed E-state index contributed by atoms with van der Waals surface area (Å²) in [6.07, 6.45) is 2.77. The lowest BCUT2D eigenvalue weighted by atomic mass is 10.1. The van der Waals surface area contributed by atoms with Gasteiger partial charge in [-0.15, -0.1) is 0 Å². The number of hydrogen-bond acceptors (Lipinski definition) is 6. The first-order chi connectivity index (χ1) is 10.6. The van der Waals surface area contributed by atoms with Crippen LogP contribution in [0.4, 0.5) is 5.69 Å². The Bertz CT molecular complexity index is 622. The fourth-order valence-electron chi connectivity index (χ4n) is 2.92. The minimum absolute atomic E-state index is 0.117. The highest BCUT2D eigenvalue weighted by atomic mass is 16.5. The van der Waals surface area contributed by atoms with Gasteiger partial charge >= 0.3 is 5.97 Å². The van der Waals surface area contributed by atoms with E-state index in [4.69, 9.17) is 4.74 Å². The van der Waals surface area contributed by atoms with Crippen LogP contribution >= 0.6 is 0 Å². The van der Waals surface area contributed by atoms with Crippen LogP contribution in [0.3, 0.4) is 0 Å². The SMILES string of the molecule is COC(=O)c1ccc(N2C[C@@H](C)O[C@@H](C3CC3)C2)c(C#N)n1. The topological polar surface area (TPSA) is 75.4 Å². The number of ether oxygens (including phenoxy) is 2. The number of anilines is 1. The summed E-state index contributed by atoms with van der Waals surface area (Å²) in [6.45, 7) is 3.53. The first-order valence-electron chi connectivity index (χ1n) is 7.52. The molecule has 116 valence electrons. The number of rotatable bonds is 3. The Morgan fingerprint density at radius 3 is 2.86 bits per heavy atom. The van der Waals surface area contributed by atoms with E-state index < -0.39 is 5.97 Å². The lowest BCUT2D eigenvalue weighted by molar-refractivity contribution is -0.0271. The van der Waals surface area contributed by atoms with Crippen molar-refractivity contribution in [2.24, 2.45) is 5.92 Å². The Morgan fingerprint density at radius 2 is 2.23 bits per heavy atom. The van der Waals surface area contributed by atoms with E-state index in [0.717, 1.165) is 18.8 Å². The van der Waals surface area contributed by atoms with Gasteiger partial charge in [-0.3, -0.25) is 0 Å². The number of carbonyl (C=O) groups is 1. The van der Waals surface area contributed by atoms with Gasteiger partial charge in [0.05, 0.1) is 25.0 Å². The van der Waals surface area contributed by atoms with Gasteiger partial charge < -0.3 is 14.4 Å². The van der Waals surface area contributed by atoms with E-state index in [1.807, 2.05) is 6.92 Å². The average Bonchev–Trinajstić information content (AvgIpc) is 3.37. The minimum atomic E-state index is -0.533. The summed E-state index contributed by atoms with van der Waals surface area (Å²) in [7, 11) is 1.30.